The summed E-state index contributed by atoms with van der Waals surface area (Å²) in [5, 5.41) is 0. The summed E-state index contributed by atoms with van der Waals surface area (Å²) < 4.78 is 5.17. The van der Waals surface area contributed by atoms with Gasteiger partial charge in [0.05, 0.1) is 12.3 Å². The Hall–Kier alpha value is -1.51. The molecule has 1 aromatic carbocycles. The second-order valence-electron chi connectivity index (χ2n) is 5.02. The molecule has 1 unspecified atom stereocenters. The molecule has 0 radical (unpaired) electrons. The third-order valence-corrected chi connectivity index (χ3v) is 3.69. The van der Waals surface area contributed by atoms with Gasteiger partial charge in [0, 0.05) is 6.04 Å². The summed E-state index contributed by atoms with van der Waals surface area (Å²) in [6.07, 6.45) is 1.80. The van der Waals surface area contributed by atoms with Gasteiger partial charge in [-0.15, -0.1) is 0 Å². The minimum atomic E-state index is -0.228. The molecular formula is C15H21NO2. The Balaban J connectivity index is 2.43. The maximum absolute atomic E-state index is 12.1. The lowest BCUT2D eigenvalue weighted by atomic mass is 9.93. The molecule has 0 saturated heterocycles. The molecule has 0 aromatic heterocycles. The standard InChI is InChI=1S/C15H21NO2/c1-5-18-15(17)16-12(4)6-7-13-8-10(2)11(3)9-14(13)16/h8-9,12H,5-7H2,1-4H3. The van der Waals surface area contributed by atoms with E-state index in [1.807, 2.05) is 6.92 Å². The number of benzene rings is 1. The van der Waals surface area contributed by atoms with Crippen LogP contribution in [-0.4, -0.2) is 18.7 Å². The largest absolute Gasteiger partial charge is 0.449 e. The van der Waals surface area contributed by atoms with E-state index in [0.717, 1.165) is 18.5 Å². The minimum Gasteiger partial charge on any atom is -0.449 e. The molecule has 3 heteroatoms. The van der Waals surface area contributed by atoms with Gasteiger partial charge in [0.1, 0.15) is 0 Å². The summed E-state index contributed by atoms with van der Waals surface area (Å²) in [6.45, 7) is 8.53. The summed E-state index contributed by atoms with van der Waals surface area (Å²) in [5.41, 5.74) is 4.78. The number of nitrogens with zero attached hydrogens (tertiary/aromatic N) is 1. The molecule has 98 valence electrons. The van der Waals surface area contributed by atoms with Crippen LogP contribution in [0.3, 0.4) is 0 Å². The molecule has 1 heterocycles. The highest BCUT2D eigenvalue weighted by atomic mass is 16.6. The van der Waals surface area contributed by atoms with Gasteiger partial charge in [-0.25, -0.2) is 4.79 Å². The van der Waals surface area contributed by atoms with E-state index in [-0.39, 0.29) is 12.1 Å². The number of rotatable bonds is 1. The SMILES string of the molecule is CCOC(=O)N1c2cc(C)c(C)cc2CCC1C. The number of hydrogen-bond acceptors (Lipinski definition) is 2. The molecule has 2 rings (SSSR count). The predicted octanol–water partition coefficient (Wildman–Crippen LogP) is 3.60. The fourth-order valence-electron chi connectivity index (χ4n) is 2.49. The van der Waals surface area contributed by atoms with Crippen molar-refractivity contribution >= 4 is 11.8 Å². The highest BCUT2D eigenvalue weighted by Crippen LogP contribution is 2.33. The molecule has 3 nitrogen and oxygen atoms in total. The molecule has 1 aromatic rings. The number of amides is 1. The van der Waals surface area contributed by atoms with Crippen LogP contribution in [0.5, 0.6) is 0 Å². The Morgan fingerprint density at radius 2 is 2.06 bits per heavy atom. The zero-order valence-electron chi connectivity index (χ0n) is 11.6. The second-order valence-corrected chi connectivity index (χ2v) is 5.02. The molecule has 0 N–H and O–H groups in total. The molecule has 0 aliphatic carbocycles. The van der Waals surface area contributed by atoms with Crippen molar-refractivity contribution in [3.05, 3.63) is 28.8 Å². The Bertz CT molecular complexity index is 468. The molecule has 1 aliphatic rings. The maximum atomic E-state index is 12.1. The minimum absolute atomic E-state index is 0.207. The van der Waals surface area contributed by atoms with Gasteiger partial charge < -0.3 is 4.74 Å². The Morgan fingerprint density at radius 3 is 2.72 bits per heavy atom. The van der Waals surface area contributed by atoms with Crippen molar-refractivity contribution in [1.82, 2.24) is 0 Å². The Morgan fingerprint density at radius 1 is 1.39 bits per heavy atom. The van der Waals surface area contributed by atoms with E-state index >= 15 is 0 Å². The van der Waals surface area contributed by atoms with Crippen LogP contribution in [0.25, 0.3) is 0 Å². The van der Waals surface area contributed by atoms with E-state index in [4.69, 9.17) is 4.74 Å². The third-order valence-electron chi connectivity index (χ3n) is 3.69. The number of fused-ring (bicyclic) bond motifs is 1. The highest BCUT2D eigenvalue weighted by molar-refractivity contribution is 5.90. The van der Waals surface area contributed by atoms with Crippen LogP contribution < -0.4 is 4.90 Å². The van der Waals surface area contributed by atoms with E-state index in [0.29, 0.717) is 6.61 Å². The molecule has 0 bridgehead atoms. The molecular weight excluding hydrogens is 226 g/mol. The lowest BCUT2D eigenvalue weighted by molar-refractivity contribution is 0.156. The first kappa shape index (κ1) is 12.9. The van der Waals surface area contributed by atoms with Gasteiger partial charge in [-0.05, 0) is 63.3 Å². The first-order valence-electron chi connectivity index (χ1n) is 6.60. The van der Waals surface area contributed by atoms with Crippen molar-refractivity contribution in [2.24, 2.45) is 0 Å². The van der Waals surface area contributed by atoms with Gasteiger partial charge in [-0.2, -0.15) is 0 Å². The van der Waals surface area contributed by atoms with Gasteiger partial charge in [0.15, 0.2) is 0 Å². The van der Waals surface area contributed by atoms with E-state index in [1.165, 1.54) is 16.7 Å². The quantitative estimate of drug-likeness (QED) is 0.758. The summed E-state index contributed by atoms with van der Waals surface area (Å²) in [7, 11) is 0. The number of anilines is 1. The molecule has 1 aliphatic heterocycles. The number of aryl methyl sites for hydroxylation is 3. The maximum Gasteiger partial charge on any atom is 0.414 e. The average molecular weight is 247 g/mol. The summed E-state index contributed by atoms with van der Waals surface area (Å²) in [5.74, 6) is 0. The lowest BCUT2D eigenvalue weighted by Gasteiger charge is -2.35. The van der Waals surface area contributed by atoms with Gasteiger partial charge >= 0.3 is 6.09 Å². The summed E-state index contributed by atoms with van der Waals surface area (Å²) >= 11 is 0. The Labute approximate surface area is 109 Å². The smallest absolute Gasteiger partial charge is 0.414 e. The van der Waals surface area contributed by atoms with E-state index in [1.54, 1.807) is 4.90 Å². The number of carbonyl (C=O) groups is 1. The van der Waals surface area contributed by atoms with Crippen LogP contribution in [0.15, 0.2) is 12.1 Å². The monoisotopic (exact) mass is 247 g/mol. The summed E-state index contributed by atoms with van der Waals surface area (Å²) in [4.78, 5) is 13.9. The lowest BCUT2D eigenvalue weighted by Crippen LogP contribution is -2.42. The normalized spacial score (nSPS) is 18.4. The second kappa shape index (κ2) is 5.01. The average Bonchev–Trinajstić information content (AvgIpc) is 2.31. The zero-order chi connectivity index (χ0) is 13.3. The molecule has 0 saturated carbocycles. The van der Waals surface area contributed by atoms with Crippen molar-refractivity contribution in [2.45, 2.75) is 46.6 Å². The molecule has 1 atom stereocenters. The van der Waals surface area contributed by atoms with E-state index in [9.17, 15) is 4.79 Å². The van der Waals surface area contributed by atoms with Crippen LogP contribution in [0.4, 0.5) is 10.5 Å². The van der Waals surface area contributed by atoms with Crippen LogP contribution in [0.2, 0.25) is 0 Å². The van der Waals surface area contributed by atoms with Crippen molar-refractivity contribution in [1.29, 1.82) is 0 Å². The van der Waals surface area contributed by atoms with Crippen LogP contribution in [0, 0.1) is 13.8 Å². The van der Waals surface area contributed by atoms with Gasteiger partial charge in [0.25, 0.3) is 0 Å². The highest BCUT2D eigenvalue weighted by Gasteiger charge is 2.29. The van der Waals surface area contributed by atoms with Crippen molar-refractivity contribution in [2.75, 3.05) is 11.5 Å². The topological polar surface area (TPSA) is 29.5 Å². The third kappa shape index (κ3) is 2.22. The van der Waals surface area contributed by atoms with Gasteiger partial charge in [-0.3, -0.25) is 4.90 Å². The van der Waals surface area contributed by atoms with Crippen LogP contribution >= 0.6 is 0 Å². The fraction of sp³-hybridized carbons (Fsp3) is 0.533. The zero-order valence-corrected chi connectivity index (χ0v) is 11.6. The van der Waals surface area contributed by atoms with Crippen molar-refractivity contribution in [3.8, 4) is 0 Å². The number of ether oxygens (including phenoxy) is 1. The number of carbonyl (C=O) groups excluding carboxylic acids is 1. The molecule has 0 fully saturated rings. The first-order valence-corrected chi connectivity index (χ1v) is 6.60. The predicted molar refractivity (Wildman–Crippen MR) is 73.2 cm³/mol. The summed E-state index contributed by atoms with van der Waals surface area (Å²) in [6, 6.07) is 4.51. The molecule has 1 amide bonds. The van der Waals surface area contributed by atoms with E-state index < -0.39 is 0 Å². The van der Waals surface area contributed by atoms with Crippen molar-refractivity contribution < 1.29 is 9.53 Å². The van der Waals surface area contributed by atoms with Gasteiger partial charge in [-0.1, -0.05) is 6.07 Å². The fourth-order valence-corrected chi connectivity index (χ4v) is 2.49. The molecule has 0 spiro atoms. The first-order chi connectivity index (χ1) is 8.54. The number of hydrogen-bond donors (Lipinski definition) is 0. The molecule has 18 heavy (non-hydrogen) atoms. The van der Waals surface area contributed by atoms with Crippen LogP contribution in [-0.2, 0) is 11.2 Å². The van der Waals surface area contributed by atoms with Crippen LogP contribution in [0.1, 0.15) is 37.0 Å². The Kier molecular flexibility index (Phi) is 3.60. The van der Waals surface area contributed by atoms with E-state index in [2.05, 4.69) is 32.9 Å². The van der Waals surface area contributed by atoms with Gasteiger partial charge in [0.2, 0.25) is 0 Å². The van der Waals surface area contributed by atoms with Crippen molar-refractivity contribution in [3.63, 3.8) is 0 Å².